The Morgan fingerprint density at radius 1 is 1.02 bits per heavy atom. The fraction of sp³-hybridized carbons (Fsp3) is 0.242. The van der Waals surface area contributed by atoms with E-state index in [0.717, 1.165) is 11.3 Å². The van der Waals surface area contributed by atoms with E-state index in [9.17, 15) is 9.59 Å². The summed E-state index contributed by atoms with van der Waals surface area (Å²) in [6.45, 7) is 1.56. The summed E-state index contributed by atoms with van der Waals surface area (Å²) in [4.78, 5) is 35.8. The van der Waals surface area contributed by atoms with Gasteiger partial charge in [-0.3, -0.25) is 9.59 Å². The Labute approximate surface area is 245 Å². The second-order valence-corrected chi connectivity index (χ2v) is 10.7. The topological polar surface area (TPSA) is 90.1 Å². The predicted octanol–water partition coefficient (Wildman–Crippen LogP) is 4.83. The summed E-state index contributed by atoms with van der Waals surface area (Å²) < 4.78 is 0. The highest BCUT2D eigenvalue weighted by atomic mass is 35.5. The van der Waals surface area contributed by atoms with Crippen molar-refractivity contribution in [3.05, 3.63) is 131 Å². The van der Waals surface area contributed by atoms with Crippen LogP contribution >= 0.6 is 11.6 Å². The SMILES string of the molecule is O=C(C=Cc1ccc(Cl)cc1)NC[C@@H]1CCN(CC(c2ccccc2)c2ccccc2)C(=O)[C@H](Cc2cnc[nH]2)N1. The molecule has 1 aromatic heterocycles. The van der Waals surface area contributed by atoms with E-state index in [2.05, 4.69) is 44.9 Å². The number of hydrogen-bond acceptors (Lipinski definition) is 4. The molecular weight excluding hydrogens is 534 g/mol. The summed E-state index contributed by atoms with van der Waals surface area (Å²) >= 11 is 5.95. The molecule has 7 nitrogen and oxygen atoms in total. The van der Waals surface area contributed by atoms with Crippen LogP contribution in [0, 0.1) is 0 Å². The second-order valence-electron chi connectivity index (χ2n) is 10.3. The minimum Gasteiger partial charge on any atom is -0.351 e. The van der Waals surface area contributed by atoms with Crippen LogP contribution in [0.25, 0.3) is 6.08 Å². The molecule has 2 amide bonds. The standard InChI is InChI=1S/C33H34ClN5O2/c34-27-14-11-24(12-15-27)13-16-32(40)36-21-28-17-18-39(33(41)31(38-28)19-29-20-35-23-37-29)22-30(25-7-3-1-4-8-25)26-9-5-2-6-10-26/h1-16,20,23,28,30-31,38H,17-19,21-22H2,(H,35,37)(H,36,40)/t28-,31-/m0/s1. The molecule has 0 radical (unpaired) electrons. The molecule has 210 valence electrons. The summed E-state index contributed by atoms with van der Waals surface area (Å²) in [5.74, 6) is -0.0937. The summed E-state index contributed by atoms with van der Waals surface area (Å²) in [5, 5.41) is 7.18. The number of aromatic nitrogens is 2. The van der Waals surface area contributed by atoms with Gasteiger partial charge in [-0.25, -0.2) is 4.98 Å². The van der Waals surface area contributed by atoms with Crippen molar-refractivity contribution in [3.8, 4) is 0 Å². The molecule has 8 heteroatoms. The number of halogens is 1. The predicted molar refractivity (Wildman–Crippen MR) is 162 cm³/mol. The molecule has 0 aliphatic carbocycles. The molecule has 2 heterocycles. The van der Waals surface area contributed by atoms with Crippen molar-refractivity contribution in [2.75, 3.05) is 19.6 Å². The van der Waals surface area contributed by atoms with E-state index in [1.165, 1.54) is 17.2 Å². The third-order valence-electron chi connectivity index (χ3n) is 7.40. The van der Waals surface area contributed by atoms with Gasteiger partial charge in [0.05, 0.1) is 12.4 Å². The van der Waals surface area contributed by atoms with Gasteiger partial charge in [0.15, 0.2) is 0 Å². The number of benzene rings is 3. The van der Waals surface area contributed by atoms with E-state index >= 15 is 0 Å². The van der Waals surface area contributed by atoms with E-state index in [1.807, 2.05) is 53.4 Å². The lowest BCUT2D eigenvalue weighted by Crippen LogP contribution is -2.50. The van der Waals surface area contributed by atoms with Gasteiger partial charge in [0, 0.05) is 61.0 Å². The van der Waals surface area contributed by atoms with Gasteiger partial charge in [0.2, 0.25) is 11.8 Å². The summed E-state index contributed by atoms with van der Waals surface area (Å²) in [5.41, 5.74) is 4.12. The minimum atomic E-state index is -0.448. The number of carbonyl (C=O) groups excluding carboxylic acids is 2. The number of H-pyrrole nitrogens is 1. The molecule has 1 aliphatic heterocycles. The van der Waals surface area contributed by atoms with Gasteiger partial charge in [-0.2, -0.15) is 0 Å². The Bertz CT molecular complexity index is 1390. The van der Waals surface area contributed by atoms with E-state index in [-0.39, 0.29) is 23.8 Å². The van der Waals surface area contributed by atoms with Crippen LogP contribution in [-0.2, 0) is 16.0 Å². The van der Waals surface area contributed by atoms with Gasteiger partial charge in [0.25, 0.3) is 0 Å². The fourth-order valence-corrected chi connectivity index (χ4v) is 5.33. The van der Waals surface area contributed by atoms with Gasteiger partial charge in [-0.15, -0.1) is 0 Å². The Hall–Kier alpha value is -4.20. The summed E-state index contributed by atoms with van der Waals surface area (Å²) in [6, 6.07) is 27.4. The zero-order valence-corrected chi connectivity index (χ0v) is 23.5. The number of imidazole rings is 1. The van der Waals surface area contributed by atoms with Crippen molar-refractivity contribution in [1.82, 2.24) is 25.5 Å². The first-order valence-corrected chi connectivity index (χ1v) is 14.3. The molecular formula is C33H34ClN5O2. The number of hydrogen-bond donors (Lipinski definition) is 3. The number of amides is 2. The molecule has 1 aliphatic rings. The highest BCUT2D eigenvalue weighted by Crippen LogP contribution is 2.27. The zero-order chi connectivity index (χ0) is 28.4. The number of rotatable bonds is 10. The minimum absolute atomic E-state index is 0.0448. The molecule has 0 unspecified atom stereocenters. The maximum absolute atomic E-state index is 14.0. The Kier molecular flexibility index (Phi) is 9.62. The van der Waals surface area contributed by atoms with Crippen molar-refractivity contribution in [2.45, 2.75) is 30.8 Å². The van der Waals surface area contributed by atoms with E-state index in [4.69, 9.17) is 11.6 Å². The lowest BCUT2D eigenvalue weighted by Gasteiger charge is -2.29. The molecule has 1 fully saturated rings. The maximum Gasteiger partial charge on any atom is 0.244 e. The molecule has 4 aromatic rings. The molecule has 0 spiro atoms. The quantitative estimate of drug-likeness (QED) is 0.240. The molecule has 0 saturated carbocycles. The number of carbonyl (C=O) groups is 2. The van der Waals surface area contributed by atoms with Crippen LogP contribution in [0.4, 0.5) is 0 Å². The molecule has 5 rings (SSSR count). The molecule has 41 heavy (non-hydrogen) atoms. The van der Waals surface area contributed by atoms with Crippen molar-refractivity contribution in [3.63, 3.8) is 0 Å². The van der Waals surface area contributed by atoms with Gasteiger partial charge in [-0.05, 0) is 41.3 Å². The largest absolute Gasteiger partial charge is 0.351 e. The van der Waals surface area contributed by atoms with Crippen LogP contribution in [-0.4, -0.2) is 58.4 Å². The first-order valence-electron chi connectivity index (χ1n) is 13.9. The highest BCUT2D eigenvalue weighted by Gasteiger charge is 2.33. The number of nitrogens with zero attached hydrogens (tertiary/aromatic N) is 2. The van der Waals surface area contributed by atoms with Gasteiger partial charge in [0.1, 0.15) is 0 Å². The third-order valence-corrected chi connectivity index (χ3v) is 7.65. The molecule has 3 aromatic carbocycles. The molecule has 2 atom stereocenters. The van der Waals surface area contributed by atoms with Crippen molar-refractivity contribution in [2.24, 2.45) is 0 Å². The van der Waals surface area contributed by atoms with E-state index in [0.29, 0.717) is 37.5 Å². The first-order chi connectivity index (χ1) is 20.0. The smallest absolute Gasteiger partial charge is 0.244 e. The average Bonchev–Trinajstić information content (AvgIpc) is 3.47. The Balaban J connectivity index is 1.30. The van der Waals surface area contributed by atoms with E-state index in [1.54, 1.807) is 30.7 Å². The monoisotopic (exact) mass is 567 g/mol. The van der Waals surface area contributed by atoms with Crippen molar-refractivity contribution >= 4 is 29.5 Å². The van der Waals surface area contributed by atoms with Crippen LogP contribution in [0.15, 0.2) is 104 Å². The highest BCUT2D eigenvalue weighted by molar-refractivity contribution is 6.30. The van der Waals surface area contributed by atoms with Gasteiger partial charge in [-0.1, -0.05) is 84.4 Å². The summed E-state index contributed by atoms with van der Waals surface area (Å²) in [6.07, 6.45) is 7.84. The number of aromatic amines is 1. The average molecular weight is 568 g/mol. The fourth-order valence-electron chi connectivity index (χ4n) is 5.21. The number of nitrogens with one attached hydrogen (secondary N) is 3. The zero-order valence-electron chi connectivity index (χ0n) is 22.7. The van der Waals surface area contributed by atoms with Crippen molar-refractivity contribution < 1.29 is 9.59 Å². The molecule has 0 bridgehead atoms. The van der Waals surface area contributed by atoms with Crippen LogP contribution in [0.3, 0.4) is 0 Å². The Morgan fingerprint density at radius 2 is 1.71 bits per heavy atom. The van der Waals surface area contributed by atoms with Gasteiger partial charge >= 0.3 is 0 Å². The second kappa shape index (κ2) is 13.9. The van der Waals surface area contributed by atoms with Crippen LogP contribution < -0.4 is 10.6 Å². The summed E-state index contributed by atoms with van der Waals surface area (Å²) in [7, 11) is 0. The van der Waals surface area contributed by atoms with Crippen LogP contribution in [0.1, 0.15) is 34.7 Å². The molecule has 1 saturated heterocycles. The third kappa shape index (κ3) is 7.93. The maximum atomic E-state index is 14.0. The molecule has 3 N–H and O–H groups in total. The lowest BCUT2D eigenvalue weighted by atomic mass is 9.90. The van der Waals surface area contributed by atoms with Crippen LogP contribution in [0.5, 0.6) is 0 Å². The first kappa shape index (κ1) is 28.3. The van der Waals surface area contributed by atoms with E-state index < -0.39 is 6.04 Å². The van der Waals surface area contributed by atoms with Gasteiger partial charge < -0.3 is 20.5 Å². The lowest BCUT2D eigenvalue weighted by molar-refractivity contribution is -0.132. The normalized spacial score (nSPS) is 17.6. The Morgan fingerprint density at radius 3 is 2.34 bits per heavy atom. The van der Waals surface area contributed by atoms with Crippen molar-refractivity contribution in [1.29, 1.82) is 0 Å². The van der Waals surface area contributed by atoms with Crippen LogP contribution in [0.2, 0.25) is 5.02 Å².